The third-order valence-corrected chi connectivity index (χ3v) is 5.17. The first-order valence-corrected chi connectivity index (χ1v) is 9.66. The first kappa shape index (κ1) is 21.4. The van der Waals surface area contributed by atoms with Crippen molar-refractivity contribution in [2.75, 3.05) is 64.4 Å². The van der Waals surface area contributed by atoms with Crippen molar-refractivity contribution in [1.29, 1.82) is 0 Å². The Balaban J connectivity index is 2.04. The van der Waals surface area contributed by atoms with Crippen molar-refractivity contribution in [3.63, 3.8) is 0 Å². The molecule has 0 aromatic heterocycles. The Kier molecular flexibility index (Phi) is 6.79. The van der Waals surface area contributed by atoms with Gasteiger partial charge in [0.05, 0.1) is 32.6 Å². The lowest BCUT2D eigenvalue weighted by Crippen LogP contribution is -2.44. The molecular formula is C22H27N3O5. The van der Waals surface area contributed by atoms with Gasteiger partial charge in [0, 0.05) is 44.1 Å². The predicted octanol–water partition coefficient (Wildman–Crippen LogP) is 1.94. The van der Waals surface area contributed by atoms with Crippen LogP contribution in [-0.2, 0) is 19.1 Å². The number of ether oxygens (including phenoxy) is 3. The van der Waals surface area contributed by atoms with E-state index < -0.39 is 11.9 Å². The predicted molar refractivity (Wildman–Crippen MR) is 115 cm³/mol. The summed E-state index contributed by atoms with van der Waals surface area (Å²) in [5, 5.41) is 0. The molecule has 3 rings (SSSR count). The number of allylic oxidation sites excluding steroid dienone is 2. The Morgan fingerprint density at radius 1 is 0.933 bits per heavy atom. The highest BCUT2D eigenvalue weighted by atomic mass is 16.5. The van der Waals surface area contributed by atoms with E-state index >= 15 is 0 Å². The van der Waals surface area contributed by atoms with Gasteiger partial charge < -0.3 is 28.9 Å². The molecule has 0 atom stereocenters. The number of carbonyl (C=O) groups is 2. The van der Waals surface area contributed by atoms with E-state index in [1.54, 1.807) is 30.4 Å². The van der Waals surface area contributed by atoms with Crippen molar-refractivity contribution in [2.45, 2.75) is 0 Å². The van der Waals surface area contributed by atoms with Crippen LogP contribution < -0.4 is 14.5 Å². The van der Waals surface area contributed by atoms with Gasteiger partial charge in [-0.3, -0.25) is 0 Å². The number of rotatable bonds is 5. The Bertz CT molecular complexity index is 898. The molecule has 1 saturated heterocycles. The SMILES string of the molecule is COC(=O)C1=C(C(=O)OC)N(c2ccc(N3CCN(C)CC3)c(OC)c2)C=CC=C1. The van der Waals surface area contributed by atoms with Gasteiger partial charge in [0.25, 0.3) is 0 Å². The number of esters is 2. The Morgan fingerprint density at radius 2 is 1.63 bits per heavy atom. The van der Waals surface area contributed by atoms with Crippen LogP contribution in [0.25, 0.3) is 0 Å². The highest BCUT2D eigenvalue weighted by molar-refractivity contribution is 6.05. The highest BCUT2D eigenvalue weighted by Crippen LogP contribution is 2.35. The quantitative estimate of drug-likeness (QED) is 0.679. The number of benzene rings is 1. The molecule has 0 N–H and O–H groups in total. The van der Waals surface area contributed by atoms with Crippen LogP contribution in [-0.4, -0.2) is 71.4 Å². The van der Waals surface area contributed by atoms with E-state index in [9.17, 15) is 9.59 Å². The summed E-state index contributed by atoms with van der Waals surface area (Å²) >= 11 is 0. The summed E-state index contributed by atoms with van der Waals surface area (Å²) in [5.41, 5.74) is 1.83. The summed E-state index contributed by atoms with van der Waals surface area (Å²) in [5.74, 6) is -0.582. The zero-order chi connectivity index (χ0) is 21.7. The topological polar surface area (TPSA) is 71.6 Å². The Morgan fingerprint density at radius 3 is 2.27 bits per heavy atom. The minimum absolute atomic E-state index is 0.0729. The third-order valence-electron chi connectivity index (χ3n) is 5.17. The van der Waals surface area contributed by atoms with Gasteiger partial charge in [-0.25, -0.2) is 9.59 Å². The van der Waals surface area contributed by atoms with Crippen molar-refractivity contribution in [3.8, 4) is 5.75 Å². The molecule has 8 heteroatoms. The summed E-state index contributed by atoms with van der Waals surface area (Å²) in [6, 6.07) is 5.71. The van der Waals surface area contributed by atoms with E-state index in [-0.39, 0.29) is 11.3 Å². The Labute approximate surface area is 176 Å². The summed E-state index contributed by atoms with van der Waals surface area (Å²) in [7, 11) is 6.28. The fourth-order valence-corrected chi connectivity index (χ4v) is 3.49. The lowest BCUT2D eigenvalue weighted by atomic mass is 10.1. The maximum atomic E-state index is 12.6. The number of carbonyl (C=O) groups excluding carboxylic acids is 2. The van der Waals surface area contributed by atoms with Gasteiger partial charge in [-0.2, -0.15) is 0 Å². The zero-order valence-electron chi connectivity index (χ0n) is 17.8. The lowest BCUT2D eigenvalue weighted by Gasteiger charge is -2.35. The van der Waals surface area contributed by atoms with Crippen molar-refractivity contribution in [2.24, 2.45) is 0 Å². The van der Waals surface area contributed by atoms with Gasteiger partial charge in [0.2, 0.25) is 0 Å². The van der Waals surface area contributed by atoms with Gasteiger partial charge in [-0.15, -0.1) is 0 Å². The van der Waals surface area contributed by atoms with Crippen LogP contribution in [0.1, 0.15) is 0 Å². The van der Waals surface area contributed by atoms with Crippen LogP contribution in [0.3, 0.4) is 0 Å². The van der Waals surface area contributed by atoms with E-state index in [0.717, 1.165) is 31.9 Å². The van der Waals surface area contributed by atoms with E-state index in [4.69, 9.17) is 14.2 Å². The molecule has 30 heavy (non-hydrogen) atoms. The summed E-state index contributed by atoms with van der Waals surface area (Å²) in [6.45, 7) is 3.76. The molecule has 0 bridgehead atoms. The van der Waals surface area contributed by atoms with Gasteiger partial charge in [-0.1, -0.05) is 6.08 Å². The summed E-state index contributed by atoms with van der Waals surface area (Å²) in [4.78, 5) is 31.1. The van der Waals surface area contributed by atoms with E-state index in [1.807, 2.05) is 18.2 Å². The van der Waals surface area contributed by atoms with Gasteiger partial charge >= 0.3 is 11.9 Å². The maximum Gasteiger partial charge on any atom is 0.355 e. The number of hydrogen-bond donors (Lipinski definition) is 0. The average molecular weight is 413 g/mol. The number of piperazine rings is 1. The van der Waals surface area contributed by atoms with E-state index in [1.165, 1.54) is 20.3 Å². The fraction of sp³-hybridized carbons (Fsp3) is 0.364. The molecule has 0 unspecified atom stereocenters. The molecule has 0 aliphatic carbocycles. The van der Waals surface area contributed by atoms with Crippen molar-refractivity contribution >= 4 is 23.3 Å². The van der Waals surface area contributed by atoms with Crippen LogP contribution in [0.4, 0.5) is 11.4 Å². The second-order valence-corrected chi connectivity index (χ2v) is 6.96. The van der Waals surface area contributed by atoms with Gasteiger partial charge in [-0.05, 0) is 31.3 Å². The number of hydrogen-bond acceptors (Lipinski definition) is 8. The minimum Gasteiger partial charge on any atom is -0.495 e. The van der Waals surface area contributed by atoms with Crippen LogP contribution in [0.15, 0.2) is 53.9 Å². The van der Waals surface area contributed by atoms with Crippen LogP contribution in [0, 0.1) is 0 Å². The molecule has 0 saturated carbocycles. The molecule has 2 aliphatic heterocycles. The van der Waals surface area contributed by atoms with Gasteiger partial charge in [0.15, 0.2) is 0 Å². The molecule has 8 nitrogen and oxygen atoms in total. The second-order valence-electron chi connectivity index (χ2n) is 6.96. The largest absolute Gasteiger partial charge is 0.495 e. The van der Waals surface area contributed by atoms with Crippen molar-refractivity contribution in [1.82, 2.24) is 4.90 Å². The number of anilines is 2. The first-order chi connectivity index (χ1) is 14.5. The second kappa shape index (κ2) is 9.49. The molecule has 1 aromatic rings. The van der Waals surface area contributed by atoms with Crippen LogP contribution in [0.5, 0.6) is 5.75 Å². The monoisotopic (exact) mass is 413 g/mol. The molecule has 160 valence electrons. The smallest absolute Gasteiger partial charge is 0.355 e. The van der Waals surface area contributed by atoms with Crippen molar-refractivity contribution < 1.29 is 23.8 Å². The zero-order valence-corrected chi connectivity index (χ0v) is 17.8. The van der Waals surface area contributed by atoms with Crippen molar-refractivity contribution in [3.05, 3.63) is 53.9 Å². The summed E-state index contributed by atoms with van der Waals surface area (Å²) in [6.07, 6.45) is 6.64. The molecule has 2 aliphatic rings. The van der Waals surface area contributed by atoms with Gasteiger partial charge in [0.1, 0.15) is 11.4 Å². The third kappa shape index (κ3) is 4.33. The maximum absolute atomic E-state index is 12.6. The molecular weight excluding hydrogens is 386 g/mol. The van der Waals surface area contributed by atoms with Crippen LogP contribution in [0.2, 0.25) is 0 Å². The molecule has 0 spiro atoms. The molecule has 0 amide bonds. The lowest BCUT2D eigenvalue weighted by molar-refractivity contribution is -0.139. The number of nitrogens with zero attached hydrogens (tertiary/aromatic N) is 3. The highest BCUT2D eigenvalue weighted by Gasteiger charge is 2.28. The number of methoxy groups -OCH3 is 3. The fourth-order valence-electron chi connectivity index (χ4n) is 3.49. The first-order valence-electron chi connectivity index (χ1n) is 9.66. The molecule has 1 fully saturated rings. The summed E-state index contributed by atoms with van der Waals surface area (Å²) < 4.78 is 15.5. The van der Waals surface area contributed by atoms with E-state index in [0.29, 0.717) is 11.4 Å². The molecule has 2 heterocycles. The Hall–Kier alpha value is -3.26. The van der Waals surface area contributed by atoms with E-state index in [2.05, 4.69) is 16.8 Å². The number of likely N-dealkylation sites (N-methyl/N-ethyl adjacent to an activating group) is 1. The molecule has 0 radical (unpaired) electrons. The minimum atomic E-state index is -0.645. The molecule has 1 aromatic carbocycles. The average Bonchev–Trinajstić information content (AvgIpc) is 3.01. The van der Waals surface area contributed by atoms with Crippen LogP contribution >= 0.6 is 0 Å². The normalized spacial score (nSPS) is 17.1. The standard InChI is InChI=1S/C22H27N3O5/c1-23-11-13-24(14-12-23)18-9-8-16(15-19(18)28-2)25-10-6-5-7-17(21(26)29-3)20(25)22(27)30-4/h5-10,15H,11-14H2,1-4H3.